The Hall–Kier alpha value is -4.07. The average Bonchev–Trinajstić information content (AvgIpc) is 3.44. The van der Waals surface area contributed by atoms with Crippen LogP contribution in [0.2, 0.25) is 0 Å². The summed E-state index contributed by atoms with van der Waals surface area (Å²) < 4.78 is 12.1. The molecule has 1 N–H and O–H groups in total. The van der Waals surface area contributed by atoms with Crippen LogP contribution in [0, 0.1) is 13.8 Å². The molecule has 164 valence electrons. The number of ether oxygens (including phenoxy) is 1. The molecule has 0 aliphatic carbocycles. The van der Waals surface area contributed by atoms with Crippen molar-refractivity contribution >= 4 is 24.0 Å². The van der Waals surface area contributed by atoms with Gasteiger partial charge >= 0.3 is 12.0 Å². The van der Waals surface area contributed by atoms with Gasteiger partial charge in [0.15, 0.2) is 0 Å². The van der Waals surface area contributed by atoms with Crippen molar-refractivity contribution in [3.8, 4) is 0 Å². The van der Waals surface area contributed by atoms with Gasteiger partial charge in [-0.2, -0.15) is 0 Å². The number of aromatic nitrogens is 1. The minimum Gasteiger partial charge on any atom is -0.463 e. The number of carbonyl (C=O) groups is 3. The number of rotatable bonds is 6. The van der Waals surface area contributed by atoms with E-state index in [1.165, 1.54) is 24.8 Å². The molecule has 0 radical (unpaired) electrons. The monoisotopic (exact) mass is 433 g/mol. The minimum absolute atomic E-state index is 0.0103. The molecule has 0 saturated carbocycles. The molecule has 3 aromatic rings. The van der Waals surface area contributed by atoms with Crippen molar-refractivity contribution in [2.24, 2.45) is 0 Å². The van der Waals surface area contributed by atoms with Gasteiger partial charge in [-0.1, -0.05) is 30.3 Å². The van der Waals surface area contributed by atoms with Gasteiger partial charge in [0.25, 0.3) is 5.91 Å². The standard InChI is InChI=1S/C24H23N3O5/c1-15-11-18(16(2)26(15)13-17-7-5-4-6-8-17)12-20-22(28)27(24(30)25-20)14-19-9-10-21(32-19)23(29)31-3/h4-12H,13-14H2,1-3H3,(H,25,30)/b20-12-. The van der Waals surface area contributed by atoms with Crippen LogP contribution in [-0.4, -0.2) is 34.5 Å². The van der Waals surface area contributed by atoms with Crippen LogP contribution in [-0.2, 0) is 22.6 Å². The van der Waals surface area contributed by atoms with E-state index in [9.17, 15) is 14.4 Å². The Morgan fingerprint density at radius 2 is 1.84 bits per heavy atom. The molecular formula is C24H23N3O5. The quantitative estimate of drug-likeness (QED) is 0.364. The number of amides is 3. The fourth-order valence-electron chi connectivity index (χ4n) is 3.68. The molecule has 3 heterocycles. The molecule has 2 aromatic heterocycles. The molecular weight excluding hydrogens is 410 g/mol. The predicted octanol–water partition coefficient (Wildman–Crippen LogP) is 3.63. The molecule has 0 spiro atoms. The fourth-order valence-corrected chi connectivity index (χ4v) is 3.68. The normalized spacial score (nSPS) is 14.8. The van der Waals surface area contributed by atoms with E-state index in [0.29, 0.717) is 5.76 Å². The Morgan fingerprint density at radius 1 is 1.09 bits per heavy atom. The molecule has 1 aliphatic rings. The highest BCUT2D eigenvalue weighted by molar-refractivity contribution is 6.13. The SMILES string of the molecule is COC(=O)c1ccc(CN2C(=O)N/C(=C\c3cc(C)n(Cc4ccccc4)c3C)C2=O)o1. The summed E-state index contributed by atoms with van der Waals surface area (Å²) in [5.41, 5.74) is 4.27. The predicted molar refractivity (Wildman–Crippen MR) is 117 cm³/mol. The number of nitrogens with zero attached hydrogens (tertiary/aromatic N) is 2. The van der Waals surface area contributed by atoms with E-state index >= 15 is 0 Å². The topological polar surface area (TPSA) is 93.8 Å². The lowest BCUT2D eigenvalue weighted by atomic mass is 10.2. The summed E-state index contributed by atoms with van der Waals surface area (Å²) in [6.45, 7) is 4.62. The van der Waals surface area contributed by atoms with Crippen LogP contribution in [0.3, 0.4) is 0 Å². The van der Waals surface area contributed by atoms with Crippen LogP contribution in [0.4, 0.5) is 4.79 Å². The van der Waals surface area contributed by atoms with Gasteiger partial charge in [-0.25, -0.2) is 9.59 Å². The highest BCUT2D eigenvalue weighted by atomic mass is 16.5. The van der Waals surface area contributed by atoms with Gasteiger partial charge in [0, 0.05) is 17.9 Å². The van der Waals surface area contributed by atoms with E-state index in [1.807, 2.05) is 38.1 Å². The Labute approximate surface area is 185 Å². The van der Waals surface area contributed by atoms with Gasteiger partial charge in [0.1, 0.15) is 11.5 Å². The number of carbonyl (C=O) groups excluding carboxylic acids is 3. The second kappa shape index (κ2) is 8.58. The molecule has 0 unspecified atom stereocenters. The van der Waals surface area contributed by atoms with Crippen LogP contribution in [0.5, 0.6) is 0 Å². The average molecular weight is 433 g/mol. The van der Waals surface area contributed by atoms with Crippen LogP contribution < -0.4 is 5.32 Å². The lowest BCUT2D eigenvalue weighted by molar-refractivity contribution is -0.123. The molecule has 1 fully saturated rings. The van der Waals surface area contributed by atoms with Gasteiger partial charge in [0.2, 0.25) is 5.76 Å². The third kappa shape index (κ3) is 4.07. The molecule has 4 rings (SSSR count). The van der Waals surface area contributed by atoms with Crippen molar-refractivity contribution in [2.75, 3.05) is 7.11 Å². The number of esters is 1. The molecule has 8 heteroatoms. The summed E-state index contributed by atoms with van der Waals surface area (Å²) in [7, 11) is 1.25. The summed E-state index contributed by atoms with van der Waals surface area (Å²) >= 11 is 0. The second-order valence-electron chi connectivity index (χ2n) is 7.54. The summed E-state index contributed by atoms with van der Waals surface area (Å²) in [6, 6.07) is 14.5. The zero-order valence-electron chi connectivity index (χ0n) is 18.0. The molecule has 0 bridgehead atoms. The highest BCUT2D eigenvalue weighted by Crippen LogP contribution is 2.23. The van der Waals surface area contributed by atoms with Gasteiger partial charge in [-0.15, -0.1) is 0 Å². The number of nitrogens with one attached hydrogen (secondary N) is 1. The van der Waals surface area contributed by atoms with Crippen molar-refractivity contribution < 1.29 is 23.5 Å². The Morgan fingerprint density at radius 3 is 2.56 bits per heavy atom. The zero-order valence-corrected chi connectivity index (χ0v) is 18.0. The summed E-state index contributed by atoms with van der Waals surface area (Å²) in [6.07, 6.45) is 1.69. The Kier molecular flexibility index (Phi) is 5.68. The molecule has 3 amide bonds. The van der Waals surface area contributed by atoms with Gasteiger partial charge in [-0.3, -0.25) is 9.69 Å². The lowest BCUT2D eigenvalue weighted by Gasteiger charge is -2.10. The third-order valence-corrected chi connectivity index (χ3v) is 5.42. The number of hydrogen-bond acceptors (Lipinski definition) is 5. The van der Waals surface area contributed by atoms with E-state index in [1.54, 1.807) is 6.08 Å². The van der Waals surface area contributed by atoms with E-state index < -0.39 is 17.9 Å². The number of methoxy groups -OCH3 is 1. The number of hydrogen-bond donors (Lipinski definition) is 1. The lowest BCUT2D eigenvalue weighted by Crippen LogP contribution is -2.30. The molecule has 1 saturated heterocycles. The highest BCUT2D eigenvalue weighted by Gasteiger charge is 2.34. The van der Waals surface area contributed by atoms with Crippen molar-refractivity contribution in [3.63, 3.8) is 0 Å². The summed E-state index contributed by atoms with van der Waals surface area (Å²) in [5, 5.41) is 2.62. The van der Waals surface area contributed by atoms with Crippen LogP contribution >= 0.6 is 0 Å². The fraction of sp³-hybridized carbons (Fsp3) is 0.208. The van der Waals surface area contributed by atoms with Crippen LogP contribution in [0.25, 0.3) is 6.08 Å². The summed E-state index contributed by atoms with van der Waals surface area (Å²) in [4.78, 5) is 37.8. The van der Waals surface area contributed by atoms with E-state index in [4.69, 9.17) is 4.42 Å². The summed E-state index contributed by atoms with van der Waals surface area (Å²) in [5.74, 6) is -0.772. The van der Waals surface area contributed by atoms with Gasteiger partial charge < -0.3 is 19.0 Å². The number of urea groups is 1. The van der Waals surface area contributed by atoms with Crippen molar-refractivity contribution in [2.45, 2.75) is 26.9 Å². The van der Waals surface area contributed by atoms with E-state index in [-0.39, 0.29) is 18.0 Å². The molecule has 1 aromatic carbocycles. The number of benzene rings is 1. The number of aryl methyl sites for hydroxylation is 1. The van der Waals surface area contributed by atoms with E-state index in [2.05, 4.69) is 26.8 Å². The maximum atomic E-state index is 12.8. The zero-order chi connectivity index (χ0) is 22.8. The third-order valence-electron chi connectivity index (χ3n) is 5.42. The van der Waals surface area contributed by atoms with E-state index in [0.717, 1.165) is 28.4 Å². The van der Waals surface area contributed by atoms with Crippen LogP contribution in [0.1, 0.15) is 38.8 Å². The first kappa shape index (κ1) is 21.2. The largest absolute Gasteiger partial charge is 0.463 e. The number of furan rings is 1. The molecule has 1 aliphatic heterocycles. The van der Waals surface area contributed by atoms with Gasteiger partial charge in [-0.05, 0) is 49.2 Å². The first-order chi connectivity index (χ1) is 15.4. The molecule has 32 heavy (non-hydrogen) atoms. The van der Waals surface area contributed by atoms with Crippen molar-refractivity contribution in [3.05, 3.63) is 88.3 Å². The Bertz CT molecular complexity index is 1220. The maximum Gasteiger partial charge on any atom is 0.373 e. The first-order valence-corrected chi connectivity index (χ1v) is 10.1. The maximum absolute atomic E-state index is 12.8. The van der Waals surface area contributed by atoms with Crippen molar-refractivity contribution in [1.29, 1.82) is 0 Å². The van der Waals surface area contributed by atoms with Gasteiger partial charge in [0.05, 0.1) is 13.7 Å². The first-order valence-electron chi connectivity index (χ1n) is 10.1. The van der Waals surface area contributed by atoms with Crippen LogP contribution in [0.15, 0.2) is 58.6 Å². The molecule has 8 nitrogen and oxygen atoms in total. The minimum atomic E-state index is -0.625. The second-order valence-corrected chi connectivity index (χ2v) is 7.54. The number of imide groups is 1. The Balaban J connectivity index is 1.53. The van der Waals surface area contributed by atoms with Crippen molar-refractivity contribution in [1.82, 2.24) is 14.8 Å². The smallest absolute Gasteiger partial charge is 0.373 e. The molecule has 0 atom stereocenters.